The van der Waals surface area contributed by atoms with E-state index in [4.69, 9.17) is 0 Å². The number of nitrogens with one attached hydrogen (secondary N) is 1. The minimum atomic E-state index is 0.362. The van der Waals surface area contributed by atoms with Gasteiger partial charge in [0.15, 0.2) is 0 Å². The Morgan fingerprint density at radius 3 is 2.74 bits per heavy atom. The van der Waals surface area contributed by atoms with Gasteiger partial charge in [0.2, 0.25) is 0 Å². The van der Waals surface area contributed by atoms with Gasteiger partial charge in [-0.3, -0.25) is 0 Å². The molecular weight excluding hydrogens is 254 g/mol. The molecule has 0 aliphatic rings. The van der Waals surface area contributed by atoms with Gasteiger partial charge in [0.05, 0.1) is 5.03 Å². The lowest BCUT2D eigenvalue weighted by Crippen LogP contribution is -2.24. The molecule has 0 saturated carbocycles. The molecule has 0 fully saturated rings. The van der Waals surface area contributed by atoms with Crippen molar-refractivity contribution in [1.82, 2.24) is 15.3 Å². The number of hydrogen-bond acceptors (Lipinski definition) is 4. The molecular formula is C15H19N3S. The SMILES string of the molecule is CCCNC(CSc1ccncn1)c1ccccc1. The molecule has 1 unspecified atom stereocenters. The van der Waals surface area contributed by atoms with Gasteiger partial charge in [-0.25, -0.2) is 9.97 Å². The Balaban J connectivity index is 1.98. The molecule has 0 aliphatic heterocycles. The highest BCUT2D eigenvalue weighted by Crippen LogP contribution is 2.22. The van der Waals surface area contributed by atoms with Crippen LogP contribution in [0.1, 0.15) is 24.9 Å². The van der Waals surface area contributed by atoms with Crippen LogP contribution in [0.2, 0.25) is 0 Å². The molecule has 1 atom stereocenters. The fourth-order valence-corrected chi connectivity index (χ4v) is 2.74. The van der Waals surface area contributed by atoms with Crippen LogP contribution in [0.25, 0.3) is 0 Å². The zero-order valence-electron chi connectivity index (χ0n) is 11.1. The largest absolute Gasteiger partial charge is 0.309 e. The van der Waals surface area contributed by atoms with Crippen molar-refractivity contribution in [2.24, 2.45) is 0 Å². The first-order chi connectivity index (χ1) is 9.40. The predicted molar refractivity (Wildman–Crippen MR) is 80.2 cm³/mol. The van der Waals surface area contributed by atoms with E-state index in [9.17, 15) is 0 Å². The lowest BCUT2D eigenvalue weighted by molar-refractivity contribution is 0.577. The molecule has 0 aliphatic carbocycles. The van der Waals surface area contributed by atoms with Gasteiger partial charge in [-0.1, -0.05) is 37.3 Å². The molecule has 0 amide bonds. The van der Waals surface area contributed by atoms with E-state index in [0.29, 0.717) is 6.04 Å². The average Bonchev–Trinajstić information content (AvgIpc) is 2.49. The molecule has 100 valence electrons. The third-order valence-electron chi connectivity index (χ3n) is 2.80. The fraction of sp³-hybridized carbons (Fsp3) is 0.333. The van der Waals surface area contributed by atoms with Crippen molar-refractivity contribution in [1.29, 1.82) is 0 Å². The van der Waals surface area contributed by atoms with Crippen molar-refractivity contribution in [2.75, 3.05) is 12.3 Å². The molecule has 0 saturated heterocycles. The predicted octanol–water partition coefficient (Wildman–Crippen LogP) is 3.31. The van der Waals surface area contributed by atoms with Crippen molar-refractivity contribution >= 4 is 11.8 Å². The lowest BCUT2D eigenvalue weighted by Gasteiger charge is -2.18. The van der Waals surface area contributed by atoms with E-state index in [2.05, 4.69) is 52.5 Å². The normalized spacial score (nSPS) is 12.3. The van der Waals surface area contributed by atoms with Crippen molar-refractivity contribution in [3.05, 3.63) is 54.5 Å². The van der Waals surface area contributed by atoms with E-state index in [1.807, 2.05) is 6.07 Å². The van der Waals surface area contributed by atoms with Gasteiger partial charge in [0.1, 0.15) is 6.33 Å². The van der Waals surface area contributed by atoms with Crippen LogP contribution in [0, 0.1) is 0 Å². The smallest absolute Gasteiger partial charge is 0.116 e. The summed E-state index contributed by atoms with van der Waals surface area (Å²) in [5, 5.41) is 4.61. The van der Waals surface area contributed by atoms with Gasteiger partial charge in [-0.15, -0.1) is 11.8 Å². The average molecular weight is 273 g/mol. The standard InChI is InChI=1S/C15H19N3S/c1-2-9-17-14(13-6-4-3-5-7-13)11-19-15-8-10-16-12-18-15/h3-8,10,12,14,17H,2,9,11H2,1H3. The van der Waals surface area contributed by atoms with Gasteiger partial charge in [0, 0.05) is 18.0 Å². The van der Waals surface area contributed by atoms with Crippen LogP contribution < -0.4 is 5.32 Å². The first-order valence-corrected chi connectivity index (χ1v) is 7.56. The molecule has 1 aromatic heterocycles. The van der Waals surface area contributed by atoms with E-state index < -0.39 is 0 Å². The molecule has 3 nitrogen and oxygen atoms in total. The number of aromatic nitrogens is 2. The minimum absolute atomic E-state index is 0.362. The summed E-state index contributed by atoms with van der Waals surface area (Å²) in [6.07, 6.45) is 4.52. The van der Waals surface area contributed by atoms with Crippen LogP contribution in [0.5, 0.6) is 0 Å². The van der Waals surface area contributed by atoms with E-state index >= 15 is 0 Å². The third-order valence-corrected chi connectivity index (χ3v) is 3.83. The zero-order chi connectivity index (χ0) is 13.3. The van der Waals surface area contributed by atoms with Crippen LogP contribution in [0.15, 0.2) is 53.9 Å². The summed E-state index contributed by atoms with van der Waals surface area (Å²) in [6.45, 7) is 3.22. The Labute approximate surface area is 118 Å². The van der Waals surface area contributed by atoms with Crippen molar-refractivity contribution < 1.29 is 0 Å². The molecule has 0 bridgehead atoms. The van der Waals surface area contributed by atoms with Crippen LogP contribution >= 0.6 is 11.8 Å². The molecule has 0 radical (unpaired) electrons. The number of rotatable bonds is 7. The van der Waals surface area contributed by atoms with Gasteiger partial charge >= 0.3 is 0 Å². The van der Waals surface area contributed by atoms with E-state index in [1.54, 1.807) is 24.3 Å². The molecule has 1 aromatic carbocycles. The summed E-state index contributed by atoms with van der Waals surface area (Å²) < 4.78 is 0. The number of thioether (sulfide) groups is 1. The van der Waals surface area contributed by atoms with Crippen molar-refractivity contribution in [3.8, 4) is 0 Å². The van der Waals surface area contributed by atoms with Gasteiger partial charge in [-0.2, -0.15) is 0 Å². The molecule has 1 N–H and O–H groups in total. The van der Waals surface area contributed by atoms with Crippen LogP contribution in [-0.4, -0.2) is 22.3 Å². The second-order valence-electron chi connectivity index (χ2n) is 4.28. The summed E-state index contributed by atoms with van der Waals surface area (Å²) >= 11 is 1.76. The third kappa shape index (κ3) is 4.65. The van der Waals surface area contributed by atoms with E-state index in [0.717, 1.165) is 23.7 Å². The topological polar surface area (TPSA) is 37.8 Å². The number of benzene rings is 1. The summed E-state index contributed by atoms with van der Waals surface area (Å²) in [6, 6.07) is 12.9. The Kier molecular flexibility index (Phi) is 5.85. The van der Waals surface area contributed by atoms with E-state index in [1.165, 1.54) is 5.56 Å². The number of hydrogen-bond donors (Lipinski definition) is 1. The highest BCUT2D eigenvalue weighted by molar-refractivity contribution is 7.99. The fourth-order valence-electron chi connectivity index (χ4n) is 1.81. The molecule has 0 spiro atoms. The van der Waals surface area contributed by atoms with Crippen LogP contribution in [-0.2, 0) is 0 Å². The van der Waals surface area contributed by atoms with Gasteiger partial charge in [0.25, 0.3) is 0 Å². The maximum atomic E-state index is 4.25. The van der Waals surface area contributed by atoms with Crippen molar-refractivity contribution in [2.45, 2.75) is 24.4 Å². The Hall–Kier alpha value is -1.39. The summed E-state index contributed by atoms with van der Waals surface area (Å²) in [4.78, 5) is 8.19. The summed E-state index contributed by atoms with van der Waals surface area (Å²) in [5.74, 6) is 0.973. The van der Waals surface area contributed by atoms with Crippen molar-refractivity contribution in [3.63, 3.8) is 0 Å². The van der Waals surface area contributed by atoms with Gasteiger partial charge < -0.3 is 5.32 Å². The Morgan fingerprint density at radius 2 is 2.05 bits per heavy atom. The molecule has 2 rings (SSSR count). The Bertz CT molecular complexity index is 461. The second kappa shape index (κ2) is 7.92. The maximum absolute atomic E-state index is 4.25. The first kappa shape index (κ1) is 14.0. The zero-order valence-corrected chi connectivity index (χ0v) is 11.9. The van der Waals surface area contributed by atoms with Crippen LogP contribution in [0.4, 0.5) is 0 Å². The lowest BCUT2D eigenvalue weighted by atomic mass is 10.1. The van der Waals surface area contributed by atoms with E-state index in [-0.39, 0.29) is 0 Å². The van der Waals surface area contributed by atoms with Gasteiger partial charge in [-0.05, 0) is 24.6 Å². The molecule has 19 heavy (non-hydrogen) atoms. The maximum Gasteiger partial charge on any atom is 0.116 e. The first-order valence-electron chi connectivity index (χ1n) is 6.57. The monoisotopic (exact) mass is 273 g/mol. The molecule has 1 heterocycles. The highest BCUT2D eigenvalue weighted by Gasteiger charge is 2.10. The summed E-state index contributed by atoms with van der Waals surface area (Å²) in [5.41, 5.74) is 1.33. The highest BCUT2D eigenvalue weighted by atomic mass is 32.2. The quantitative estimate of drug-likeness (QED) is 0.620. The minimum Gasteiger partial charge on any atom is -0.309 e. The Morgan fingerprint density at radius 1 is 1.21 bits per heavy atom. The summed E-state index contributed by atoms with van der Waals surface area (Å²) in [7, 11) is 0. The molecule has 2 aromatic rings. The second-order valence-corrected chi connectivity index (χ2v) is 5.32. The number of nitrogens with zero attached hydrogens (tertiary/aromatic N) is 2. The van der Waals surface area contributed by atoms with Crippen LogP contribution in [0.3, 0.4) is 0 Å². The molecule has 4 heteroatoms.